The first-order valence-electron chi connectivity index (χ1n) is 6.54. The summed E-state index contributed by atoms with van der Waals surface area (Å²) >= 11 is 0. The first-order valence-corrected chi connectivity index (χ1v) is 6.54. The van der Waals surface area contributed by atoms with Gasteiger partial charge in [-0.3, -0.25) is 0 Å². The van der Waals surface area contributed by atoms with Crippen molar-refractivity contribution in [3.8, 4) is 0 Å². The number of rotatable bonds is 3. The van der Waals surface area contributed by atoms with Crippen LogP contribution in [0.25, 0.3) is 10.8 Å². The number of aromatic nitrogens is 2. The number of hydrogen-bond acceptors (Lipinski definition) is 4. The van der Waals surface area contributed by atoms with Crippen molar-refractivity contribution in [2.24, 2.45) is 0 Å². The van der Waals surface area contributed by atoms with E-state index >= 15 is 0 Å². The Morgan fingerprint density at radius 2 is 1.80 bits per heavy atom. The average Bonchev–Trinajstić information content (AvgIpc) is 2.47. The molecule has 0 bridgehead atoms. The summed E-state index contributed by atoms with van der Waals surface area (Å²) in [5.41, 5.74) is 8.61. The molecule has 4 heteroatoms. The van der Waals surface area contributed by atoms with Gasteiger partial charge in [-0.1, -0.05) is 36.4 Å². The fourth-order valence-corrected chi connectivity index (χ4v) is 2.26. The number of nitrogens with one attached hydrogen (secondary N) is 1. The summed E-state index contributed by atoms with van der Waals surface area (Å²) in [7, 11) is 0. The van der Waals surface area contributed by atoms with Gasteiger partial charge in [0.15, 0.2) is 5.82 Å². The molecule has 0 atom stereocenters. The highest BCUT2D eigenvalue weighted by Gasteiger charge is 2.05. The number of anilines is 2. The third-order valence-electron chi connectivity index (χ3n) is 3.28. The average molecular weight is 264 g/mol. The van der Waals surface area contributed by atoms with E-state index < -0.39 is 0 Å². The smallest absolute Gasteiger partial charge is 0.156 e. The van der Waals surface area contributed by atoms with E-state index in [0.717, 1.165) is 33.5 Å². The topological polar surface area (TPSA) is 63.8 Å². The lowest BCUT2D eigenvalue weighted by Gasteiger charge is -2.09. The molecule has 1 aromatic heterocycles. The maximum atomic E-state index is 5.78. The minimum atomic E-state index is 0.673. The van der Waals surface area contributed by atoms with E-state index in [4.69, 9.17) is 5.73 Å². The molecule has 3 N–H and O–H groups in total. The van der Waals surface area contributed by atoms with Gasteiger partial charge >= 0.3 is 0 Å². The second-order valence-corrected chi connectivity index (χ2v) is 4.78. The van der Waals surface area contributed by atoms with Crippen LogP contribution in [0.2, 0.25) is 0 Å². The highest BCUT2D eigenvalue weighted by molar-refractivity contribution is 5.92. The highest BCUT2D eigenvalue weighted by Crippen LogP contribution is 2.22. The summed E-state index contributed by atoms with van der Waals surface area (Å²) in [5, 5.41) is 14.0. The molecule has 0 fully saturated rings. The molecule has 3 aromatic rings. The Kier molecular flexibility index (Phi) is 3.21. The molecule has 1 heterocycles. The summed E-state index contributed by atoms with van der Waals surface area (Å²) in [6.45, 7) is 2.64. The molecule has 0 radical (unpaired) electrons. The molecule has 4 nitrogen and oxygen atoms in total. The first-order chi connectivity index (χ1) is 9.74. The van der Waals surface area contributed by atoms with Crippen LogP contribution in [-0.2, 0) is 6.54 Å². The number of fused-ring (bicyclic) bond motifs is 1. The lowest BCUT2D eigenvalue weighted by atomic mass is 10.1. The van der Waals surface area contributed by atoms with Crippen molar-refractivity contribution in [1.29, 1.82) is 0 Å². The van der Waals surface area contributed by atoms with E-state index in [1.54, 1.807) is 0 Å². The van der Waals surface area contributed by atoms with Gasteiger partial charge in [0.2, 0.25) is 0 Å². The molecule has 3 rings (SSSR count). The molecule has 0 saturated heterocycles. The zero-order valence-corrected chi connectivity index (χ0v) is 11.3. The fourth-order valence-electron chi connectivity index (χ4n) is 2.26. The molecule has 0 aliphatic rings. The van der Waals surface area contributed by atoms with Gasteiger partial charge in [0.05, 0.1) is 5.69 Å². The van der Waals surface area contributed by atoms with Crippen molar-refractivity contribution in [2.45, 2.75) is 13.5 Å². The molecule has 0 amide bonds. The van der Waals surface area contributed by atoms with Crippen LogP contribution in [0.1, 0.15) is 11.3 Å². The summed E-state index contributed by atoms with van der Waals surface area (Å²) in [4.78, 5) is 0. The van der Waals surface area contributed by atoms with Crippen molar-refractivity contribution < 1.29 is 0 Å². The monoisotopic (exact) mass is 264 g/mol. The van der Waals surface area contributed by atoms with Gasteiger partial charge in [-0.2, -0.15) is 5.10 Å². The van der Waals surface area contributed by atoms with Crippen molar-refractivity contribution in [1.82, 2.24) is 10.2 Å². The number of benzene rings is 2. The third-order valence-corrected chi connectivity index (χ3v) is 3.28. The largest absolute Gasteiger partial charge is 0.399 e. The van der Waals surface area contributed by atoms with Crippen LogP contribution in [0.3, 0.4) is 0 Å². The molecule has 0 saturated carbocycles. The van der Waals surface area contributed by atoms with E-state index in [2.05, 4.69) is 27.6 Å². The van der Waals surface area contributed by atoms with Crippen molar-refractivity contribution in [3.05, 3.63) is 59.8 Å². The minimum absolute atomic E-state index is 0.673. The Morgan fingerprint density at radius 1 is 1.00 bits per heavy atom. The lowest BCUT2D eigenvalue weighted by molar-refractivity contribution is 0.983. The summed E-state index contributed by atoms with van der Waals surface area (Å²) < 4.78 is 0. The van der Waals surface area contributed by atoms with Gasteiger partial charge in [-0.05, 0) is 24.6 Å². The summed E-state index contributed by atoms with van der Waals surface area (Å²) in [5.74, 6) is 0.800. The summed E-state index contributed by atoms with van der Waals surface area (Å²) in [6, 6.07) is 16.0. The van der Waals surface area contributed by atoms with E-state index in [9.17, 15) is 0 Å². The lowest BCUT2D eigenvalue weighted by Crippen LogP contribution is -2.04. The van der Waals surface area contributed by atoms with Crippen LogP contribution in [0.4, 0.5) is 11.5 Å². The van der Waals surface area contributed by atoms with Gasteiger partial charge < -0.3 is 11.1 Å². The van der Waals surface area contributed by atoms with Gasteiger partial charge in [0.25, 0.3) is 0 Å². The summed E-state index contributed by atoms with van der Waals surface area (Å²) in [6.07, 6.45) is 0. The van der Waals surface area contributed by atoms with Crippen molar-refractivity contribution in [2.75, 3.05) is 11.1 Å². The van der Waals surface area contributed by atoms with E-state index in [-0.39, 0.29) is 0 Å². The van der Waals surface area contributed by atoms with Crippen molar-refractivity contribution >= 4 is 22.3 Å². The molecule has 0 unspecified atom stereocenters. The molecule has 100 valence electrons. The van der Waals surface area contributed by atoms with Gasteiger partial charge in [-0.25, -0.2) is 0 Å². The Hall–Kier alpha value is -2.62. The van der Waals surface area contributed by atoms with Crippen LogP contribution < -0.4 is 11.1 Å². The third kappa shape index (κ3) is 2.40. The van der Waals surface area contributed by atoms with E-state index in [1.807, 2.05) is 43.3 Å². The van der Waals surface area contributed by atoms with E-state index in [0.29, 0.717) is 6.54 Å². The second-order valence-electron chi connectivity index (χ2n) is 4.78. The van der Waals surface area contributed by atoms with Crippen LogP contribution in [0.5, 0.6) is 0 Å². The predicted molar refractivity (Wildman–Crippen MR) is 82.5 cm³/mol. The van der Waals surface area contributed by atoms with Crippen LogP contribution >= 0.6 is 0 Å². The maximum absolute atomic E-state index is 5.78. The predicted octanol–water partition coefficient (Wildman–Crippen LogP) is 3.13. The maximum Gasteiger partial charge on any atom is 0.156 e. The van der Waals surface area contributed by atoms with E-state index in [1.165, 1.54) is 0 Å². The molecule has 0 aliphatic carbocycles. The number of nitrogens with zero attached hydrogens (tertiary/aromatic N) is 2. The number of nitrogens with two attached hydrogens (primary N) is 1. The van der Waals surface area contributed by atoms with Crippen LogP contribution in [0.15, 0.2) is 48.5 Å². The number of aryl methyl sites for hydroxylation is 1. The Labute approximate surface area is 117 Å². The SMILES string of the molecule is Cc1nnc(NCc2cccc(N)c2)c2ccccc12. The Balaban J connectivity index is 1.90. The quantitative estimate of drug-likeness (QED) is 0.713. The standard InChI is InChI=1S/C16H16N4/c1-11-14-7-2-3-8-15(14)16(20-19-11)18-10-12-5-4-6-13(17)9-12/h2-9H,10,17H2,1H3,(H,18,20). The molecule has 0 aliphatic heterocycles. The molecule has 20 heavy (non-hydrogen) atoms. The number of nitrogen functional groups attached to an aromatic ring is 1. The van der Waals surface area contributed by atoms with Crippen molar-refractivity contribution in [3.63, 3.8) is 0 Å². The normalized spacial score (nSPS) is 10.7. The van der Waals surface area contributed by atoms with Crippen LogP contribution in [-0.4, -0.2) is 10.2 Å². The molecule has 0 spiro atoms. The molecule has 2 aromatic carbocycles. The Morgan fingerprint density at radius 3 is 2.60 bits per heavy atom. The van der Waals surface area contributed by atoms with Crippen LogP contribution in [0, 0.1) is 6.92 Å². The Bertz CT molecular complexity index is 752. The van der Waals surface area contributed by atoms with Gasteiger partial charge in [0, 0.05) is 23.0 Å². The van der Waals surface area contributed by atoms with Gasteiger partial charge in [0.1, 0.15) is 0 Å². The minimum Gasteiger partial charge on any atom is -0.399 e. The first kappa shape index (κ1) is 12.4. The zero-order valence-electron chi connectivity index (χ0n) is 11.3. The molecular weight excluding hydrogens is 248 g/mol. The second kappa shape index (κ2) is 5.17. The molecular formula is C16H16N4. The highest BCUT2D eigenvalue weighted by atomic mass is 15.2. The van der Waals surface area contributed by atoms with Gasteiger partial charge in [-0.15, -0.1) is 5.10 Å². The number of hydrogen-bond donors (Lipinski definition) is 2. The zero-order chi connectivity index (χ0) is 13.9. The fraction of sp³-hybridized carbons (Fsp3) is 0.125.